The third kappa shape index (κ3) is 4.50. The van der Waals surface area contributed by atoms with Gasteiger partial charge in [0.05, 0.1) is 12.6 Å². The molecule has 1 N–H and O–H groups in total. The molecule has 2 aliphatic rings. The predicted octanol–water partition coefficient (Wildman–Crippen LogP) is 3.00. The Morgan fingerprint density at radius 3 is 2.69 bits per heavy atom. The average molecular weight is 437 g/mol. The number of pyridine rings is 1. The number of anilines is 1. The number of piperazine rings is 1. The Morgan fingerprint density at radius 1 is 1.17 bits per heavy atom. The number of aromatic nitrogens is 1. The normalized spacial score (nSPS) is 21.1. The van der Waals surface area contributed by atoms with E-state index < -0.39 is 10.0 Å². The van der Waals surface area contributed by atoms with Gasteiger partial charge in [-0.15, -0.1) is 0 Å². The number of sulfonamides is 1. The first-order valence-corrected chi connectivity index (χ1v) is 11.6. The third-order valence-corrected chi connectivity index (χ3v) is 7.52. The lowest BCUT2D eigenvalue weighted by Gasteiger charge is -2.31. The van der Waals surface area contributed by atoms with Gasteiger partial charge >= 0.3 is 0 Å². The molecular formula is C20H25ClN4O3S. The monoisotopic (exact) mass is 436 g/mol. The number of nitrogens with one attached hydrogen (secondary N) is 1. The van der Waals surface area contributed by atoms with Crippen molar-refractivity contribution in [2.45, 2.75) is 23.8 Å². The number of benzene rings is 1. The summed E-state index contributed by atoms with van der Waals surface area (Å²) < 4.78 is 33.0. The molecule has 1 atom stereocenters. The fraction of sp³-hybridized carbons (Fsp3) is 0.450. The minimum Gasteiger partial charge on any atom is -0.493 e. The second-order valence-electron chi connectivity index (χ2n) is 7.46. The first-order valence-electron chi connectivity index (χ1n) is 9.77. The number of ether oxygens (including phenoxy) is 1. The molecule has 156 valence electrons. The maximum absolute atomic E-state index is 12.9. The number of fused-ring (bicyclic) bond motifs is 1. The van der Waals surface area contributed by atoms with Crippen LogP contribution in [0.3, 0.4) is 0 Å². The van der Waals surface area contributed by atoms with Gasteiger partial charge in [-0.2, -0.15) is 4.31 Å². The van der Waals surface area contributed by atoms with Crippen LogP contribution >= 0.6 is 11.6 Å². The van der Waals surface area contributed by atoms with Crippen LogP contribution < -0.4 is 10.1 Å². The van der Waals surface area contributed by atoms with Crippen molar-refractivity contribution in [3.63, 3.8) is 0 Å². The fourth-order valence-corrected chi connectivity index (χ4v) is 5.20. The molecule has 2 aromatic rings. The van der Waals surface area contributed by atoms with Gasteiger partial charge in [0, 0.05) is 43.0 Å². The van der Waals surface area contributed by atoms with E-state index in [1.165, 1.54) is 10.5 Å². The molecule has 29 heavy (non-hydrogen) atoms. The highest BCUT2D eigenvalue weighted by molar-refractivity contribution is 7.89. The van der Waals surface area contributed by atoms with E-state index in [9.17, 15) is 8.42 Å². The van der Waals surface area contributed by atoms with Gasteiger partial charge in [0.2, 0.25) is 10.0 Å². The summed E-state index contributed by atoms with van der Waals surface area (Å²) in [6.07, 6.45) is 3.23. The highest BCUT2D eigenvalue weighted by atomic mass is 35.5. The van der Waals surface area contributed by atoms with Crippen LogP contribution in [0.4, 0.5) is 5.82 Å². The summed E-state index contributed by atoms with van der Waals surface area (Å²) in [6.45, 7) is 3.11. The molecule has 0 bridgehead atoms. The summed E-state index contributed by atoms with van der Waals surface area (Å²) >= 11 is 6.09. The molecule has 0 spiro atoms. The number of nitrogens with zero attached hydrogens (tertiary/aromatic N) is 3. The van der Waals surface area contributed by atoms with E-state index in [4.69, 9.17) is 16.3 Å². The summed E-state index contributed by atoms with van der Waals surface area (Å²) in [5.74, 6) is 1.41. The van der Waals surface area contributed by atoms with E-state index in [1.54, 1.807) is 12.1 Å². The second-order valence-corrected chi connectivity index (χ2v) is 9.83. The highest BCUT2D eigenvalue weighted by Gasteiger charge is 2.28. The lowest BCUT2D eigenvalue weighted by atomic mass is 10.0. The van der Waals surface area contributed by atoms with E-state index in [0.717, 1.165) is 37.2 Å². The van der Waals surface area contributed by atoms with Crippen molar-refractivity contribution in [2.75, 3.05) is 45.2 Å². The topological polar surface area (TPSA) is 74.8 Å². The van der Waals surface area contributed by atoms with Gasteiger partial charge in [-0.1, -0.05) is 17.7 Å². The average Bonchev–Trinajstić information content (AvgIpc) is 2.90. The molecule has 2 aliphatic heterocycles. The zero-order valence-electron chi connectivity index (χ0n) is 16.3. The predicted molar refractivity (Wildman–Crippen MR) is 113 cm³/mol. The molecular weight excluding hydrogens is 412 g/mol. The number of hydrogen-bond acceptors (Lipinski definition) is 6. The lowest BCUT2D eigenvalue weighted by Crippen LogP contribution is -2.47. The van der Waals surface area contributed by atoms with E-state index in [2.05, 4.69) is 15.2 Å². The number of rotatable bonds is 4. The quantitative estimate of drug-likeness (QED) is 0.794. The van der Waals surface area contributed by atoms with Crippen molar-refractivity contribution in [1.82, 2.24) is 14.2 Å². The minimum absolute atomic E-state index is 0.0253. The van der Waals surface area contributed by atoms with E-state index >= 15 is 0 Å². The SMILES string of the molecule is CN1CCN(S(=O)(=O)c2ccc(NC3CCCOc4cc(Cl)ccc43)nc2)CC1. The molecule has 7 nitrogen and oxygen atoms in total. The summed E-state index contributed by atoms with van der Waals surface area (Å²) in [7, 11) is -1.52. The molecule has 0 aliphatic carbocycles. The van der Waals surface area contributed by atoms with E-state index in [1.807, 2.05) is 25.2 Å². The second kappa shape index (κ2) is 8.47. The Bertz CT molecular complexity index is 960. The smallest absolute Gasteiger partial charge is 0.244 e. The number of likely N-dealkylation sites (N-methyl/N-ethyl adjacent to an activating group) is 1. The molecule has 1 fully saturated rings. The molecule has 1 aromatic carbocycles. The minimum atomic E-state index is -3.51. The lowest BCUT2D eigenvalue weighted by molar-refractivity contribution is 0.222. The Balaban J connectivity index is 1.50. The maximum Gasteiger partial charge on any atom is 0.244 e. The van der Waals surface area contributed by atoms with Gasteiger partial charge in [0.1, 0.15) is 16.5 Å². The zero-order chi connectivity index (χ0) is 20.4. The Labute approximate surface area is 176 Å². The van der Waals surface area contributed by atoms with Crippen LogP contribution in [0, 0.1) is 0 Å². The molecule has 1 unspecified atom stereocenters. The molecule has 9 heteroatoms. The molecule has 0 radical (unpaired) electrons. The summed E-state index contributed by atoms with van der Waals surface area (Å²) in [5.41, 5.74) is 1.03. The highest BCUT2D eigenvalue weighted by Crippen LogP contribution is 2.35. The first-order chi connectivity index (χ1) is 13.9. The molecule has 4 rings (SSSR count). The molecule has 1 saturated heterocycles. The largest absolute Gasteiger partial charge is 0.493 e. The number of halogens is 1. The zero-order valence-corrected chi connectivity index (χ0v) is 17.9. The molecule has 0 amide bonds. The van der Waals surface area contributed by atoms with Crippen molar-refractivity contribution >= 4 is 27.4 Å². The van der Waals surface area contributed by atoms with Gasteiger partial charge in [0.15, 0.2) is 0 Å². The fourth-order valence-electron chi connectivity index (χ4n) is 3.67. The van der Waals surface area contributed by atoms with Crippen LogP contribution in [-0.2, 0) is 10.0 Å². The Hall–Kier alpha value is -1.87. The van der Waals surface area contributed by atoms with Crippen molar-refractivity contribution in [2.24, 2.45) is 0 Å². The van der Waals surface area contributed by atoms with Crippen LogP contribution in [0.1, 0.15) is 24.4 Å². The summed E-state index contributed by atoms with van der Waals surface area (Å²) in [6, 6.07) is 9.02. The summed E-state index contributed by atoms with van der Waals surface area (Å²) in [4.78, 5) is 6.73. The third-order valence-electron chi connectivity index (χ3n) is 5.40. The summed E-state index contributed by atoms with van der Waals surface area (Å²) in [5, 5.41) is 4.05. The van der Waals surface area contributed by atoms with Crippen molar-refractivity contribution in [3.05, 3.63) is 47.1 Å². The molecule has 0 saturated carbocycles. The molecule has 3 heterocycles. The Kier molecular flexibility index (Phi) is 5.96. The van der Waals surface area contributed by atoms with E-state index in [-0.39, 0.29) is 10.9 Å². The van der Waals surface area contributed by atoms with Gasteiger partial charge in [-0.05, 0) is 44.2 Å². The number of hydrogen-bond donors (Lipinski definition) is 1. The maximum atomic E-state index is 12.9. The molecule has 1 aromatic heterocycles. The van der Waals surface area contributed by atoms with Crippen LogP contribution in [0.5, 0.6) is 5.75 Å². The van der Waals surface area contributed by atoms with Gasteiger partial charge in [-0.25, -0.2) is 13.4 Å². The van der Waals surface area contributed by atoms with Gasteiger partial charge in [-0.3, -0.25) is 0 Å². The van der Waals surface area contributed by atoms with E-state index in [0.29, 0.717) is 30.5 Å². The first kappa shape index (κ1) is 20.4. The van der Waals surface area contributed by atoms with Crippen molar-refractivity contribution in [3.8, 4) is 5.75 Å². The van der Waals surface area contributed by atoms with Crippen LogP contribution in [0.25, 0.3) is 0 Å². The van der Waals surface area contributed by atoms with Crippen LogP contribution in [-0.4, -0.2) is 62.4 Å². The van der Waals surface area contributed by atoms with Crippen LogP contribution in [0.2, 0.25) is 5.02 Å². The van der Waals surface area contributed by atoms with Crippen molar-refractivity contribution < 1.29 is 13.2 Å². The van der Waals surface area contributed by atoms with Gasteiger partial charge < -0.3 is 15.0 Å². The standard InChI is InChI=1S/C20H25ClN4O3S/c1-24-8-10-25(11-9-24)29(26,27)16-5-7-20(22-14-16)23-18-3-2-12-28-19-13-15(21)4-6-17(18)19/h4-7,13-14,18H,2-3,8-12H2,1H3,(H,22,23). The van der Waals surface area contributed by atoms with Crippen LogP contribution in [0.15, 0.2) is 41.4 Å². The van der Waals surface area contributed by atoms with Gasteiger partial charge in [0.25, 0.3) is 0 Å². The Morgan fingerprint density at radius 2 is 1.97 bits per heavy atom. The van der Waals surface area contributed by atoms with Crippen molar-refractivity contribution in [1.29, 1.82) is 0 Å².